The molecule has 6 nitrogen and oxygen atoms in total. The summed E-state index contributed by atoms with van der Waals surface area (Å²) in [4.78, 5) is 27.0. The van der Waals surface area contributed by atoms with E-state index in [2.05, 4.69) is 14.9 Å². The zero-order valence-corrected chi connectivity index (χ0v) is 17.3. The van der Waals surface area contributed by atoms with Gasteiger partial charge in [-0.3, -0.25) is 4.79 Å². The maximum atomic E-state index is 13.0. The summed E-state index contributed by atoms with van der Waals surface area (Å²) >= 11 is 7.50. The molecule has 0 bridgehead atoms. The quantitative estimate of drug-likeness (QED) is 0.646. The molecule has 1 fully saturated rings. The number of halogens is 1. The maximum absolute atomic E-state index is 13.0. The summed E-state index contributed by atoms with van der Waals surface area (Å²) in [6.45, 7) is 6.35. The van der Waals surface area contributed by atoms with Gasteiger partial charge in [-0.25, -0.2) is 9.97 Å². The van der Waals surface area contributed by atoms with Crippen LogP contribution < -0.4 is 9.64 Å². The number of ether oxygens (including phenoxy) is 1. The number of carbonyl (C=O) groups excluding carboxylic acids is 1. The molecule has 0 aliphatic carbocycles. The van der Waals surface area contributed by atoms with Crippen LogP contribution in [-0.4, -0.2) is 52.6 Å². The number of amides is 1. The third kappa shape index (κ3) is 3.91. The van der Waals surface area contributed by atoms with E-state index >= 15 is 0 Å². The minimum absolute atomic E-state index is 0.0203. The number of piperazine rings is 1. The number of hydrogen-bond donors (Lipinski definition) is 0. The third-order valence-electron chi connectivity index (χ3n) is 4.69. The Balaban J connectivity index is 1.39. The molecule has 4 rings (SSSR count). The molecule has 0 spiro atoms. The summed E-state index contributed by atoms with van der Waals surface area (Å²) in [7, 11) is 0. The van der Waals surface area contributed by atoms with E-state index in [4.69, 9.17) is 16.3 Å². The zero-order valence-electron chi connectivity index (χ0n) is 15.8. The van der Waals surface area contributed by atoms with Gasteiger partial charge in [-0.15, -0.1) is 0 Å². The molecule has 2 aromatic heterocycles. The largest absolute Gasteiger partial charge is 0.478 e. The van der Waals surface area contributed by atoms with E-state index in [1.807, 2.05) is 17.0 Å². The fraction of sp³-hybridized carbons (Fsp3) is 0.350. The van der Waals surface area contributed by atoms with E-state index in [9.17, 15) is 4.79 Å². The number of thiazole rings is 1. The Morgan fingerprint density at radius 1 is 1.14 bits per heavy atom. The Kier molecular flexibility index (Phi) is 5.12. The monoisotopic (exact) mass is 416 g/mol. The van der Waals surface area contributed by atoms with Gasteiger partial charge in [-0.2, -0.15) is 0 Å². The number of pyridine rings is 1. The maximum Gasteiger partial charge on any atom is 0.266 e. The molecule has 3 aromatic rings. The van der Waals surface area contributed by atoms with Crippen molar-refractivity contribution in [3.63, 3.8) is 0 Å². The highest BCUT2D eigenvalue weighted by Gasteiger charge is 2.36. The van der Waals surface area contributed by atoms with Gasteiger partial charge in [0.2, 0.25) is 0 Å². The summed E-state index contributed by atoms with van der Waals surface area (Å²) in [6, 6.07) is 10.9. The lowest BCUT2D eigenvalue weighted by Crippen LogP contribution is -2.55. The van der Waals surface area contributed by atoms with E-state index in [-0.39, 0.29) is 5.91 Å². The van der Waals surface area contributed by atoms with Crippen molar-refractivity contribution in [2.24, 2.45) is 0 Å². The number of hydrogen-bond acceptors (Lipinski definition) is 6. The molecule has 3 heterocycles. The predicted octanol–water partition coefficient (Wildman–Crippen LogP) is 3.85. The number of anilines is 1. The van der Waals surface area contributed by atoms with Crippen LogP contribution in [0.15, 0.2) is 42.6 Å². The summed E-state index contributed by atoms with van der Waals surface area (Å²) in [6.07, 6.45) is 1.78. The second-order valence-corrected chi connectivity index (χ2v) is 8.56. The molecule has 0 N–H and O–H groups in total. The van der Waals surface area contributed by atoms with Crippen molar-refractivity contribution in [1.29, 1.82) is 0 Å². The Hall–Kier alpha value is -2.38. The normalized spacial score (nSPS) is 15.1. The molecule has 146 valence electrons. The first kappa shape index (κ1) is 19.0. The second-order valence-electron chi connectivity index (χ2n) is 7.17. The minimum atomic E-state index is -0.949. The van der Waals surface area contributed by atoms with Crippen LogP contribution in [0.5, 0.6) is 5.75 Å². The minimum Gasteiger partial charge on any atom is -0.478 e. The van der Waals surface area contributed by atoms with Crippen LogP contribution in [-0.2, 0) is 4.79 Å². The first-order valence-corrected chi connectivity index (χ1v) is 10.3. The number of benzene rings is 1. The number of aromatic nitrogens is 2. The highest BCUT2D eigenvalue weighted by molar-refractivity contribution is 7.21. The van der Waals surface area contributed by atoms with Crippen LogP contribution in [0.4, 0.5) is 5.13 Å². The van der Waals surface area contributed by atoms with Crippen LogP contribution in [0.3, 0.4) is 0 Å². The van der Waals surface area contributed by atoms with Crippen molar-refractivity contribution in [2.45, 2.75) is 19.4 Å². The number of nitrogens with zero attached hydrogens (tertiary/aromatic N) is 4. The molecular formula is C20H21ClN4O2S. The molecule has 1 aliphatic rings. The fourth-order valence-corrected chi connectivity index (χ4v) is 4.30. The van der Waals surface area contributed by atoms with Crippen LogP contribution in [0, 0.1) is 0 Å². The highest BCUT2D eigenvalue weighted by Crippen LogP contribution is 2.28. The molecule has 0 unspecified atom stereocenters. The number of carbonyl (C=O) groups is 1. The SMILES string of the molecule is CC(C)(Oc1ccc(Cl)cc1)C(=O)N1CCN(c2nc3cccnc3s2)CC1. The molecule has 8 heteroatoms. The van der Waals surface area contributed by atoms with Crippen LogP contribution in [0.2, 0.25) is 5.02 Å². The van der Waals surface area contributed by atoms with E-state index in [0.717, 1.165) is 28.6 Å². The van der Waals surface area contributed by atoms with Crippen molar-refractivity contribution in [3.05, 3.63) is 47.6 Å². The summed E-state index contributed by atoms with van der Waals surface area (Å²) in [5, 5.41) is 1.59. The molecular weight excluding hydrogens is 396 g/mol. The molecule has 0 radical (unpaired) electrons. The van der Waals surface area contributed by atoms with Gasteiger partial charge in [0.25, 0.3) is 5.91 Å². The molecule has 28 heavy (non-hydrogen) atoms. The zero-order chi connectivity index (χ0) is 19.7. The molecule has 0 atom stereocenters. The lowest BCUT2D eigenvalue weighted by Gasteiger charge is -2.38. The average Bonchev–Trinajstić information content (AvgIpc) is 3.13. The first-order chi connectivity index (χ1) is 13.4. The molecule has 1 saturated heterocycles. The topological polar surface area (TPSA) is 58.6 Å². The Labute approximate surface area is 172 Å². The summed E-state index contributed by atoms with van der Waals surface area (Å²) in [5.41, 5.74) is -0.0333. The van der Waals surface area contributed by atoms with E-state index < -0.39 is 5.60 Å². The van der Waals surface area contributed by atoms with Crippen molar-refractivity contribution >= 4 is 44.3 Å². The molecule has 1 amide bonds. The van der Waals surface area contributed by atoms with Gasteiger partial charge < -0.3 is 14.5 Å². The van der Waals surface area contributed by atoms with Crippen LogP contribution in [0.1, 0.15) is 13.8 Å². The van der Waals surface area contributed by atoms with Gasteiger partial charge in [0.05, 0.1) is 0 Å². The van der Waals surface area contributed by atoms with Gasteiger partial charge in [0.1, 0.15) is 16.1 Å². The fourth-order valence-electron chi connectivity index (χ4n) is 3.22. The van der Waals surface area contributed by atoms with Crippen molar-refractivity contribution in [1.82, 2.24) is 14.9 Å². The van der Waals surface area contributed by atoms with Crippen molar-refractivity contribution in [3.8, 4) is 5.75 Å². The Morgan fingerprint density at radius 3 is 2.54 bits per heavy atom. The lowest BCUT2D eigenvalue weighted by molar-refractivity contribution is -0.145. The van der Waals surface area contributed by atoms with Gasteiger partial charge in [0, 0.05) is 37.4 Å². The van der Waals surface area contributed by atoms with Gasteiger partial charge in [-0.05, 0) is 50.2 Å². The van der Waals surface area contributed by atoms with Crippen molar-refractivity contribution < 1.29 is 9.53 Å². The van der Waals surface area contributed by atoms with Crippen molar-refractivity contribution in [2.75, 3.05) is 31.1 Å². The van der Waals surface area contributed by atoms with E-state index in [1.165, 1.54) is 0 Å². The second kappa shape index (κ2) is 7.56. The van der Waals surface area contributed by atoms with E-state index in [1.54, 1.807) is 55.6 Å². The summed E-state index contributed by atoms with van der Waals surface area (Å²) in [5.74, 6) is 0.608. The first-order valence-electron chi connectivity index (χ1n) is 9.13. The van der Waals surface area contributed by atoms with Gasteiger partial charge in [-0.1, -0.05) is 22.9 Å². The predicted molar refractivity (Wildman–Crippen MR) is 112 cm³/mol. The standard InChI is InChI=1S/C20H21ClN4O2S/c1-20(2,27-15-7-5-14(21)6-8-15)18(26)24-10-12-25(13-11-24)19-23-16-4-3-9-22-17(16)28-19/h3-9H,10-13H2,1-2H3. The molecule has 1 aliphatic heterocycles. The van der Waals surface area contributed by atoms with Crippen LogP contribution in [0.25, 0.3) is 10.3 Å². The third-order valence-corrected chi connectivity index (χ3v) is 5.99. The summed E-state index contributed by atoms with van der Waals surface area (Å²) < 4.78 is 5.94. The van der Waals surface area contributed by atoms with Gasteiger partial charge in [0.15, 0.2) is 10.7 Å². The number of fused-ring (bicyclic) bond motifs is 1. The average molecular weight is 417 g/mol. The Bertz CT molecular complexity index is 948. The molecule has 0 saturated carbocycles. The van der Waals surface area contributed by atoms with Crippen LogP contribution >= 0.6 is 22.9 Å². The smallest absolute Gasteiger partial charge is 0.266 e. The van der Waals surface area contributed by atoms with E-state index in [0.29, 0.717) is 23.9 Å². The molecule has 1 aromatic carbocycles. The highest BCUT2D eigenvalue weighted by atomic mass is 35.5. The lowest BCUT2D eigenvalue weighted by atomic mass is 10.1. The number of rotatable bonds is 4. The van der Waals surface area contributed by atoms with Gasteiger partial charge >= 0.3 is 0 Å². The Morgan fingerprint density at radius 2 is 1.86 bits per heavy atom.